The maximum absolute atomic E-state index is 12.4. The summed E-state index contributed by atoms with van der Waals surface area (Å²) >= 11 is 6.00. The molecule has 0 aliphatic heterocycles. The first-order chi connectivity index (χ1) is 9.52. The molecule has 2 rings (SSSR count). The Hall–Kier alpha value is -1.55. The largest absolute Gasteiger partial charge is 0.368 e. The number of carbonyl (C=O) groups is 2. The third-order valence-electron chi connectivity index (χ3n) is 3.90. The van der Waals surface area contributed by atoms with E-state index in [1.54, 1.807) is 0 Å². The van der Waals surface area contributed by atoms with Crippen molar-refractivity contribution >= 4 is 23.4 Å². The van der Waals surface area contributed by atoms with Crippen LogP contribution in [0, 0.1) is 5.41 Å². The number of nitrogens with two attached hydrogens (primary N) is 1. The first-order valence-corrected chi connectivity index (χ1v) is 7.21. The number of hydrogen-bond acceptors (Lipinski definition) is 2. The predicted molar refractivity (Wildman–Crippen MR) is 78.3 cm³/mol. The van der Waals surface area contributed by atoms with Gasteiger partial charge in [-0.2, -0.15) is 0 Å². The summed E-state index contributed by atoms with van der Waals surface area (Å²) in [6.45, 7) is -0.101. The van der Waals surface area contributed by atoms with Gasteiger partial charge in [0.05, 0.1) is 12.0 Å². The third-order valence-corrected chi connectivity index (χ3v) is 4.13. The highest BCUT2D eigenvalue weighted by Gasteiger charge is 2.40. The maximum atomic E-state index is 12.4. The van der Waals surface area contributed by atoms with E-state index in [1.165, 1.54) is 0 Å². The molecule has 1 saturated carbocycles. The molecule has 0 spiro atoms. The number of primary amides is 1. The zero-order chi connectivity index (χ0) is 14.6. The summed E-state index contributed by atoms with van der Waals surface area (Å²) in [7, 11) is 0. The number of hydrogen-bond donors (Lipinski definition) is 2. The van der Waals surface area contributed by atoms with Crippen LogP contribution in [-0.4, -0.2) is 18.4 Å². The highest BCUT2D eigenvalue weighted by molar-refractivity contribution is 6.30. The van der Waals surface area contributed by atoms with Crippen molar-refractivity contribution in [1.29, 1.82) is 0 Å². The van der Waals surface area contributed by atoms with Gasteiger partial charge in [0, 0.05) is 5.02 Å². The van der Waals surface area contributed by atoms with Gasteiger partial charge in [0.2, 0.25) is 11.8 Å². The summed E-state index contributed by atoms with van der Waals surface area (Å²) in [4.78, 5) is 23.2. The molecule has 4 nitrogen and oxygen atoms in total. The van der Waals surface area contributed by atoms with E-state index < -0.39 is 11.3 Å². The standard InChI is InChI=1S/C15H19ClN2O2/c16-12-5-3-4-11(8-12)9-15(6-1-2-7-15)14(20)18-10-13(17)19/h3-5,8H,1-2,6-7,9-10H2,(H2,17,19)(H,18,20). The number of nitrogens with one attached hydrogen (secondary N) is 1. The predicted octanol–water partition coefficient (Wildman–Crippen LogP) is 2.04. The van der Waals surface area contributed by atoms with Crippen molar-refractivity contribution in [2.24, 2.45) is 11.1 Å². The molecule has 1 aromatic rings. The van der Waals surface area contributed by atoms with Crippen molar-refractivity contribution in [3.8, 4) is 0 Å². The van der Waals surface area contributed by atoms with E-state index in [1.807, 2.05) is 24.3 Å². The van der Waals surface area contributed by atoms with E-state index in [-0.39, 0.29) is 12.5 Å². The molecule has 0 aromatic heterocycles. The SMILES string of the molecule is NC(=O)CNC(=O)C1(Cc2cccc(Cl)c2)CCCC1. The monoisotopic (exact) mass is 294 g/mol. The molecule has 2 amide bonds. The second-order valence-electron chi connectivity index (χ2n) is 5.44. The zero-order valence-electron chi connectivity index (χ0n) is 11.3. The fourth-order valence-corrected chi connectivity index (χ4v) is 3.14. The Bertz CT molecular complexity index is 510. The van der Waals surface area contributed by atoms with Crippen molar-refractivity contribution in [2.75, 3.05) is 6.54 Å². The number of carbonyl (C=O) groups excluding carboxylic acids is 2. The summed E-state index contributed by atoms with van der Waals surface area (Å²) in [5.41, 5.74) is 5.70. The minimum Gasteiger partial charge on any atom is -0.368 e. The number of amides is 2. The Balaban J connectivity index is 2.13. The van der Waals surface area contributed by atoms with Crippen molar-refractivity contribution < 1.29 is 9.59 Å². The van der Waals surface area contributed by atoms with E-state index in [2.05, 4.69) is 5.32 Å². The summed E-state index contributed by atoms with van der Waals surface area (Å²) in [5.74, 6) is -0.594. The molecule has 0 heterocycles. The molecule has 1 aliphatic rings. The molecule has 3 N–H and O–H groups in total. The zero-order valence-corrected chi connectivity index (χ0v) is 12.1. The molecule has 108 valence electrons. The fourth-order valence-electron chi connectivity index (χ4n) is 2.93. The molecule has 0 radical (unpaired) electrons. The third kappa shape index (κ3) is 3.51. The van der Waals surface area contributed by atoms with E-state index in [0.717, 1.165) is 31.2 Å². The molecular formula is C15H19ClN2O2. The van der Waals surface area contributed by atoms with Crippen LogP contribution in [0.25, 0.3) is 0 Å². The highest BCUT2D eigenvalue weighted by atomic mass is 35.5. The Morgan fingerprint density at radius 1 is 1.30 bits per heavy atom. The van der Waals surface area contributed by atoms with Crippen molar-refractivity contribution in [2.45, 2.75) is 32.1 Å². The van der Waals surface area contributed by atoms with Crippen molar-refractivity contribution in [1.82, 2.24) is 5.32 Å². The van der Waals surface area contributed by atoms with Gasteiger partial charge in [-0.25, -0.2) is 0 Å². The van der Waals surface area contributed by atoms with Crippen LogP contribution >= 0.6 is 11.6 Å². The van der Waals surface area contributed by atoms with E-state index in [4.69, 9.17) is 17.3 Å². The quantitative estimate of drug-likeness (QED) is 0.872. The second-order valence-corrected chi connectivity index (χ2v) is 5.88. The topological polar surface area (TPSA) is 72.2 Å². The Labute approximate surface area is 123 Å². The van der Waals surface area contributed by atoms with Gasteiger partial charge < -0.3 is 11.1 Å². The molecule has 20 heavy (non-hydrogen) atoms. The fraction of sp³-hybridized carbons (Fsp3) is 0.467. The van der Waals surface area contributed by atoms with Crippen LogP contribution in [0.5, 0.6) is 0 Å². The van der Waals surface area contributed by atoms with Crippen LogP contribution in [0.15, 0.2) is 24.3 Å². The summed E-state index contributed by atoms with van der Waals surface area (Å²) in [5, 5.41) is 3.33. The Morgan fingerprint density at radius 3 is 2.60 bits per heavy atom. The molecule has 1 aromatic carbocycles. The smallest absolute Gasteiger partial charge is 0.236 e. The van der Waals surface area contributed by atoms with E-state index in [9.17, 15) is 9.59 Å². The molecule has 0 saturated heterocycles. The van der Waals surface area contributed by atoms with Gasteiger partial charge >= 0.3 is 0 Å². The van der Waals surface area contributed by atoms with Crippen LogP contribution in [0.4, 0.5) is 0 Å². The number of benzene rings is 1. The maximum Gasteiger partial charge on any atom is 0.236 e. The first-order valence-electron chi connectivity index (χ1n) is 6.83. The summed E-state index contributed by atoms with van der Waals surface area (Å²) < 4.78 is 0. The van der Waals surface area contributed by atoms with Crippen molar-refractivity contribution in [3.63, 3.8) is 0 Å². The number of rotatable bonds is 5. The van der Waals surface area contributed by atoms with E-state index >= 15 is 0 Å². The lowest BCUT2D eigenvalue weighted by Crippen LogP contribution is -2.44. The molecule has 0 unspecified atom stereocenters. The minimum atomic E-state index is -0.519. The molecule has 5 heteroatoms. The van der Waals surface area contributed by atoms with Gasteiger partial charge in [0.15, 0.2) is 0 Å². The number of halogens is 1. The molecule has 0 bridgehead atoms. The average molecular weight is 295 g/mol. The molecule has 0 atom stereocenters. The van der Waals surface area contributed by atoms with Gasteiger partial charge in [0.1, 0.15) is 0 Å². The van der Waals surface area contributed by atoms with Gasteiger partial charge in [-0.15, -0.1) is 0 Å². The Morgan fingerprint density at radius 2 is 2.00 bits per heavy atom. The van der Waals surface area contributed by atoms with Crippen LogP contribution in [-0.2, 0) is 16.0 Å². The lowest BCUT2D eigenvalue weighted by molar-refractivity contribution is -0.132. The summed E-state index contributed by atoms with van der Waals surface area (Å²) in [6, 6.07) is 7.58. The van der Waals surface area contributed by atoms with Gasteiger partial charge in [-0.05, 0) is 37.0 Å². The highest BCUT2D eigenvalue weighted by Crippen LogP contribution is 2.41. The minimum absolute atomic E-state index is 0.0752. The van der Waals surface area contributed by atoms with Crippen LogP contribution in [0.2, 0.25) is 5.02 Å². The van der Waals surface area contributed by atoms with Crippen LogP contribution in [0.1, 0.15) is 31.2 Å². The molecular weight excluding hydrogens is 276 g/mol. The Kier molecular flexibility index (Phi) is 4.65. The van der Waals surface area contributed by atoms with Crippen LogP contribution in [0.3, 0.4) is 0 Å². The van der Waals surface area contributed by atoms with Crippen LogP contribution < -0.4 is 11.1 Å². The van der Waals surface area contributed by atoms with Crippen molar-refractivity contribution in [3.05, 3.63) is 34.9 Å². The first kappa shape index (κ1) is 14.9. The molecule has 1 fully saturated rings. The van der Waals surface area contributed by atoms with Gasteiger partial charge in [0.25, 0.3) is 0 Å². The normalized spacial score (nSPS) is 16.9. The lowest BCUT2D eigenvalue weighted by atomic mass is 9.79. The average Bonchev–Trinajstić information content (AvgIpc) is 2.85. The van der Waals surface area contributed by atoms with Gasteiger partial charge in [-0.3, -0.25) is 9.59 Å². The van der Waals surface area contributed by atoms with Gasteiger partial charge in [-0.1, -0.05) is 36.6 Å². The summed E-state index contributed by atoms with van der Waals surface area (Å²) in [6.07, 6.45) is 4.39. The lowest BCUT2D eigenvalue weighted by Gasteiger charge is -2.27. The molecule has 1 aliphatic carbocycles. The van der Waals surface area contributed by atoms with E-state index in [0.29, 0.717) is 11.4 Å². The second kappa shape index (κ2) is 6.27.